The lowest BCUT2D eigenvalue weighted by Crippen LogP contribution is -2.37. The van der Waals surface area contributed by atoms with Gasteiger partial charge >= 0.3 is 0 Å². The average molecular weight is 230 g/mol. The molecule has 1 amide bonds. The van der Waals surface area contributed by atoms with Crippen LogP contribution in [0.5, 0.6) is 0 Å². The largest absolute Gasteiger partial charge is 0.382 e. The molecule has 1 heterocycles. The van der Waals surface area contributed by atoms with Crippen molar-refractivity contribution < 1.29 is 14.3 Å². The van der Waals surface area contributed by atoms with Crippen LogP contribution in [0.3, 0.4) is 0 Å². The summed E-state index contributed by atoms with van der Waals surface area (Å²) in [5.41, 5.74) is 0. The van der Waals surface area contributed by atoms with Crippen LogP contribution >= 0.6 is 0 Å². The van der Waals surface area contributed by atoms with Crippen molar-refractivity contribution in [1.82, 2.24) is 10.2 Å². The van der Waals surface area contributed by atoms with Gasteiger partial charge in [0.1, 0.15) is 0 Å². The molecule has 0 bridgehead atoms. The summed E-state index contributed by atoms with van der Waals surface area (Å²) in [5.74, 6) is 0.186. The van der Waals surface area contributed by atoms with Gasteiger partial charge in [0.15, 0.2) is 0 Å². The summed E-state index contributed by atoms with van der Waals surface area (Å²) >= 11 is 0. The molecule has 1 fully saturated rings. The molecule has 1 N–H and O–H groups in total. The number of carbonyl (C=O) groups is 1. The second-order valence-electron chi connectivity index (χ2n) is 3.94. The zero-order chi connectivity index (χ0) is 12.0. The number of hydrogen-bond donors (Lipinski definition) is 1. The summed E-state index contributed by atoms with van der Waals surface area (Å²) in [6, 6.07) is -0.0195. The first-order valence-electron chi connectivity index (χ1n) is 5.84. The summed E-state index contributed by atoms with van der Waals surface area (Å²) < 4.78 is 10.2. The fourth-order valence-corrected chi connectivity index (χ4v) is 1.85. The monoisotopic (exact) mass is 230 g/mol. The minimum atomic E-state index is -0.0195. The Balaban J connectivity index is 2.23. The molecule has 1 aliphatic heterocycles. The lowest BCUT2D eigenvalue weighted by molar-refractivity contribution is -0.130. The van der Waals surface area contributed by atoms with Crippen molar-refractivity contribution in [1.29, 1.82) is 0 Å². The summed E-state index contributed by atoms with van der Waals surface area (Å²) in [6.45, 7) is 6.41. The molecule has 0 aliphatic carbocycles. The quantitative estimate of drug-likeness (QED) is 0.635. The molecule has 1 saturated heterocycles. The summed E-state index contributed by atoms with van der Waals surface area (Å²) in [4.78, 5) is 13.7. The maximum absolute atomic E-state index is 11.9. The van der Waals surface area contributed by atoms with E-state index >= 15 is 0 Å². The standard InChI is InChI=1S/C11H22N2O3/c1-4-10-11(14)13(9(2)12-10)5-6-16-8-7-15-3/h9-10,12H,4-8H2,1-3H3. The van der Waals surface area contributed by atoms with E-state index < -0.39 is 0 Å². The molecular formula is C11H22N2O3. The average Bonchev–Trinajstić information content (AvgIpc) is 2.55. The highest BCUT2D eigenvalue weighted by atomic mass is 16.5. The van der Waals surface area contributed by atoms with Crippen molar-refractivity contribution in [2.75, 3.05) is 33.5 Å². The van der Waals surface area contributed by atoms with Gasteiger partial charge in [-0.15, -0.1) is 0 Å². The van der Waals surface area contributed by atoms with Gasteiger partial charge in [-0.3, -0.25) is 10.1 Å². The summed E-state index contributed by atoms with van der Waals surface area (Å²) in [7, 11) is 1.64. The Morgan fingerprint density at radius 1 is 1.38 bits per heavy atom. The maximum atomic E-state index is 11.9. The Morgan fingerprint density at radius 2 is 2.12 bits per heavy atom. The number of amides is 1. The van der Waals surface area contributed by atoms with Crippen LogP contribution in [0.4, 0.5) is 0 Å². The zero-order valence-electron chi connectivity index (χ0n) is 10.4. The summed E-state index contributed by atoms with van der Waals surface area (Å²) in [5, 5.41) is 3.25. The maximum Gasteiger partial charge on any atom is 0.241 e. The molecule has 5 heteroatoms. The minimum Gasteiger partial charge on any atom is -0.382 e. The second-order valence-corrected chi connectivity index (χ2v) is 3.94. The van der Waals surface area contributed by atoms with Crippen molar-refractivity contribution in [3.05, 3.63) is 0 Å². The van der Waals surface area contributed by atoms with Crippen molar-refractivity contribution in [2.45, 2.75) is 32.5 Å². The Bertz CT molecular complexity index is 223. The van der Waals surface area contributed by atoms with Gasteiger partial charge in [0.2, 0.25) is 5.91 Å². The van der Waals surface area contributed by atoms with Gasteiger partial charge in [-0.2, -0.15) is 0 Å². The van der Waals surface area contributed by atoms with Gasteiger partial charge < -0.3 is 14.4 Å². The first kappa shape index (κ1) is 13.4. The Hall–Kier alpha value is -0.650. The van der Waals surface area contributed by atoms with E-state index in [-0.39, 0.29) is 18.1 Å². The van der Waals surface area contributed by atoms with E-state index in [1.54, 1.807) is 7.11 Å². The molecule has 1 rings (SSSR count). The van der Waals surface area contributed by atoms with Crippen LogP contribution in [0.15, 0.2) is 0 Å². The van der Waals surface area contributed by atoms with Gasteiger partial charge in [-0.05, 0) is 13.3 Å². The van der Waals surface area contributed by atoms with Gasteiger partial charge in [0, 0.05) is 13.7 Å². The Labute approximate surface area is 97.1 Å². The van der Waals surface area contributed by atoms with E-state index in [4.69, 9.17) is 9.47 Å². The highest BCUT2D eigenvalue weighted by Crippen LogP contribution is 2.12. The van der Waals surface area contributed by atoms with Gasteiger partial charge in [-0.25, -0.2) is 0 Å². The highest BCUT2D eigenvalue weighted by molar-refractivity contribution is 5.84. The number of carbonyl (C=O) groups excluding carboxylic acids is 1. The van der Waals surface area contributed by atoms with E-state index in [0.29, 0.717) is 26.4 Å². The third kappa shape index (κ3) is 3.43. The third-order valence-electron chi connectivity index (χ3n) is 2.81. The van der Waals surface area contributed by atoms with Crippen LogP contribution in [0.25, 0.3) is 0 Å². The van der Waals surface area contributed by atoms with E-state index in [9.17, 15) is 4.79 Å². The zero-order valence-corrected chi connectivity index (χ0v) is 10.4. The SMILES string of the molecule is CCC1NC(C)N(CCOCCOC)C1=O. The van der Waals surface area contributed by atoms with Gasteiger partial charge in [0.05, 0.1) is 32.0 Å². The third-order valence-corrected chi connectivity index (χ3v) is 2.81. The van der Waals surface area contributed by atoms with E-state index in [1.165, 1.54) is 0 Å². The molecule has 16 heavy (non-hydrogen) atoms. The topological polar surface area (TPSA) is 50.8 Å². The number of rotatable bonds is 7. The first-order chi connectivity index (χ1) is 7.70. The number of hydrogen-bond acceptors (Lipinski definition) is 4. The van der Waals surface area contributed by atoms with E-state index in [0.717, 1.165) is 6.42 Å². The van der Waals surface area contributed by atoms with Crippen LogP contribution in [-0.2, 0) is 14.3 Å². The molecule has 0 aromatic rings. The number of ether oxygens (including phenoxy) is 2. The predicted molar refractivity (Wildman–Crippen MR) is 61.1 cm³/mol. The number of nitrogens with zero attached hydrogens (tertiary/aromatic N) is 1. The fraction of sp³-hybridized carbons (Fsp3) is 0.909. The normalized spacial score (nSPS) is 25.4. The molecule has 2 unspecified atom stereocenters. The van der Waals surface area contributed by atoms with Crippen LogP contribution in [0.2, 0.25) is 0 Å². The lowest BCUT2D eigenvalue weighted by atomic mass is 10.2. The van der Waals surface area contributed by atoms with Gasteiger partial charge in [0.25, 0.3) is 0 Å². The van der Waals surface area contributed by atoms with Gasteiger partial charge in [-0.1, -0.05) is 6.92 Å². The van der Waals surface area contributed by atoms with Crippen LogP contribution in [0, 0.1) is 0 Å². The highest BCUT2D eigenvalue weighted by Gasteiger charge is 2.34. The lowest BCUT2D eigenvalue weighted by Gasteiger charge is -2.20. The smallest absolute Gasteiger partial charge is 0.241 e. The van der Waals surface area contributed by atoms with Crippen LogP contribution in [-0.4, -0.2) is 56.5 Å². The molecule has 0 radical (unpaired) electrons. The Kier molecular flexibility index (Phi) is 5.73. The van der Waals surface area contributed by atoms with Crippen molar-refractivity contribution in [3.63, 3.8) is 0 Å². The van der Waals surface area contributed by atoms with Crippen LogP contribution < -0.4 is 5.32 Å². The molecule has 94 valence electrons. The number of nitrogens with one attached hydrogen (secondary N) is 1. The first-order valence-corrected chi connectivity index (χ1v) is 5.84. The number of methoxy groups -OCH3 is 1. The van der Waals surface area contributed by atoms with E-state index in [2.05, 4.69) is 5.32 Å². The molecule has 2 atom stereocenters. The molecule has 5 nitrogen and oxygen atoms in total. The molecule has 0 saturated carbocycles. The molecule has 0 spiro atoms. The van der Waals surface area contributed by atoms with Crippen molar-refractivity contribution >= 4 is 5.91 Å². The predicted octanol–water partition coefficient (Wildman–Crippen LogP) is 0.206. The second kappa shape index (κ2) is 6.83. The van der Waals surface area contributed by atoms with Crippen molar-refractivity contribution in [2.24, 2.45) is 0 Å². The van der Waals surface area contributed by atoms with Crippen LogP contribution in [0.1, 0.15) is 20.3 Å². The molecular weight excluding hydrogens is 208 g/mol. The Morgan fingerprint density at radius 3 is 2.69 bits per heavy atom. The summed E-state index contributed by atoms with van der Waals surface area (Å²) in [6.07, 6.45) is 0.952. The fourth-order valence-electron chi connectivity index (χ4n) is 1.85. The molecule has 1 aliphatic rings. The molecule has 0 aromatic heterocycles. The van der Waals surface area contributed by atoms with E-state index in [1.807, 2.05) is 18.7 Å². The molecule has 0 aromatic carbocycles. The minimum absolute atomic E-state index is 0.0195. The van der Waals surface area contributed by atoms with Crippen molar-refractivity contribution in [3.8, 4) is 0 Å².